The molecule has 1 aliphatic rings. The van der Waals surface area contributed by atoms with Crippen molar-refractivity contribution in [3.8, 4) is 0 Å². The van der Waals surface area contributed by atoms with Crippen molar-refractivity contribution >= 4 is 6.29 Å². The summed E-state index contributed by atoms with van der Waals surface area (Å²) in [5.41, 5.74) is 1.61. The van der Waals surface area contributed by atoms with Gasteiger partial charge in [0.2, 0.25) is 0 Å². The van der Waals surface area contributed by atoms with Crippen LogP contribution in [0, 0.1) is 0 Å². The van der Waals surface area contributed by atoms with Crippen LogP contribution in [0.5, 0.6) is 0 Å². The number of aromatic nitrogens is 3. The average molecular weight is 193 g/mol. The standard InChI is InChI=1S/C10H15N3O/c1-2-3-6-13-10(8-4-5-8)9(7-14)11-12-13/h7-8H,2-6H2,1H3. The molecular formula is C10H15N3O. The van der Waals surface area contributed by atoms with Crippen LogP contribution in [-0.2, 0) is 6.54 Å². The van der Waals surface area contributed by atoms with Crippen LogP contribution in [0.25, 0.3) is 0 Å². The number of unbranched alkanes of at least 4 members (excludes halogenated alkanes) is 1. The quantitative estimate of drug-likeness (QED) is 0.669. The molecule has 2 rings (SSSR count). The van der Waals surface area contributed by atoms with E-state index < -0.39 is 0 Å². The normalized spacial score (nSPS) is 15.8. The molecule has 4 nitrogen and oxygen atoms in total. The highest BCUT2D eigenvalue weighted by atomic mass is 16.1. The summed E-state index contributed by atoms with van der Waals surface area (Å²) in [6, 6.07) is 0. The van der Waals surface area contributed by atoms with Crippen molar-refractivity contribution in [2.24, 2.45) is 0 Å². The van der Waals surface area contributed by atoms with Crippen LogP contribution in [-0.4, -0.2) is 21.3 Å². The van der Waals surface area contributed by atoms with Gasteiger partial charge in [0.1, 0.15) is 5.69 Å². The highest BCUT2D eigenvalue weighted by molar-refractivity contribution is 5.73. The molecule has 0 aromatic carbocycles. The zero-order chi connectivity index (χ0) is 9.97. The van der Waals surface area contributed by atoms with E-state index in [9.17, 15) is 4.79 Å². The Morgan fingerprint density at radius 1 is 1.57 bits per heavy atom. The number of hydrogen-bond donors (Lipinski definition) is 0. The fourth-order valence-corrected chi connectivity index (χ4v) is 1.67. The first-order valence-corrected chi connectivity index (χ1v) is 5.25. The van der Waals surface area contributed by atoms with E-state index in [0.717, 1.165) is 31.4 Å². The summed E-state index contributed by atoms with van der Waals surface area (Å²) < 4.78 is 1.91. The van der Waals surface area contributed by atoms with E-state index in [1.54, 1.807) is 0 Å². The molecular weight excluding hydrogens is 178 g/mol. The van der Waals surface area contributed by atoms with Gasteiger partial charge in [0, 0.05) is 12.5 Å². The van der Waals surface area contributed by atoms with Gasteiger partial charge < -0.3 is 0 Å². The average Bonchev–Trinajstić information content (AvgIpc) is 2.96. The number of carbonyl (C=O) groups is 1. The van der Waals surface area contributed by atoms with Crippen molar-refractivity contribution in [2.75, 3.05) is 0 Å². The number of aryl methyl sites for hydroxylation is 1. The smallest absolute Gasteiger partial charge is 0.172 e. The minimum absolute atomic E-state index is 0.544. The number of carbonyl (C=O) groups excluding carboxylic acids is 1. The van der Waals surface area contributed by atoms with E-state index in [2.05, 4.69) is 17.2 Å². The second kappa shape index (κ2) is 3.90. The number of aldehydes is 1. The van der Waals surface area contributed by atoms with E-state index in [-0.39, 0.29) is 0 Å². The van der Waals surface area contributed by atoms with Crippen LogP contribution in [0.15, 0.2) is 0 Å². The number of nitrogens with zero attached hydrogens (tertiary/aromatic N) is 3. The van der Waals surface area contributed by atoms with Gasteiger partial charge in [0.05, 0.1) is 5.69 Å². The second-order valence-electron chi connectivity index (χ2n) is 3.83. The molecule has 1 saturated carbocycles. The van der Waals surface area contributed by atoms with Gasteiger partial charge in [-0.1, -0.05) is 18.6 Å². The second-order valence-corrected chi connectivity index (χ2v) is 3.83. The molecule has 0 aliphatic heterocycles. The minimum atomic E-state index is 0.544. The van der Waals surface area contributed by atoms with E-state index in [0.29, 0.717) is 11.6 Å². The summed E-state index contributed by atoms with van der Waals surface area (Å²) >= 11 is 0. The van der Waals surface area contributed by atoms with Crippen molar-refractivity contribution in [1.82, 2.24) is 15.0 Å². The molecule has 0 bridgehead atoms. The molecule has 4 heteroatoms. The molecule has 0 radical (unpaired) electrons. The Morgan fingerprint density at radius 2 is 2.36 bits per heavy atom. The van der Waals surface area contributed by atoms with Gasteiger partial charge in [-0.3, -0.25) is 4.79 Å². The van der Waals surface area contributed by atoms with Gasteiger partial charge >= 0.3 is 0 Å². The Hall–Kier alpha value is -1.19. The number of hydrogen-bond acceptors (Lipinski definition) is 3. The third-order valence-corrected chi connectivity index (χ3v) is 2.60. The highest BCUT2D eigenvalue weighted by Gasteiger charge is 2.30. The maximum atomic E-state index is 10.7. The van der Waals surface area contributed by atoms with Crippen molar-refractivity contribution in [3.63, 3.8) is 0 Å². The molecule has 0 spiro atoms. The molecule has 0 saturated heterocycles. The van der Waals surface area contributed by atoms with E-state index in [4.69, 9.17) is 0 Å². The van der Waals surface area contributed by atoms with Crippen molar-refractivity contribution in [1.29, 1.82) is 0 Å². The summed E-state index contributed by atoms with van der Waals surface area (Å²) in [5, 5.41) is 7.91. The van der Waals surface area contributed by atoms with Gasteiger partial charge in [-0.15, -0.1) is 5.10 Å². The molecule has 1 heterocycles. The SMILES string of the molecule is CCCCn1nnc(C=O)c1C1CC1. The molecule has 1 aromatic rings. The lowest BCUT2D eigenvalue weighted by molar-refractivity contribution is 0.111. The Kier molecular flexibility index (Phi) is 2.61. The maximum absolute atomic E-state index is 10.7. The molecule has 14 heavy (non-hydrogen) atoms. The van der Waals surface area contributed by atoms with Crippen LogP contribution in [0.3, 0.4) is 0 Å². The lowest BCUT2D eigenvalue weighted by Crippen LogP contribution is -2.05. The van der Waals surface area contributed by atoms with Gasteiger partial charge in [-0.25, -0.2) is 4.68 Å². The van der Waals surface area contributed by atoms with Crippen LogP contribution >= 0.6 is 0 Å². The summed E-state index contributed by atoms with van der Waals surface area (Å²) in [5.74, 6) is 0.544. The van der Waals surface area contributed by atoms with E-state index >= 15 is 0 Å². The largest absolute Gasteiger partial charge is 0.296 e. The monoisotopic (exact) mass is 193 g/mol. The predicted molar refractivity (Wildman–Crippen MR) is 52.3 cm³/mol. The first-order valence-electron chi connectivity index (χ1n) is 5.25. The van der Waals surface area contributed by atoms with Gasteiger partial charge in [-0.2, -0.15) is 0 Å². The van der Waals surface area contributed by atoms with Crippen molar-refractivity contribution in [3.05, 3.63) is 11.4 Å². The molecule has 1 aromatic heterocycles. The zero-order valence-corrected chi connectivity index (χ0v) is 8.44. The lowest BCUT2D eigenvalue weighted by Gasteiger charge is -2.03. The summed E-state index contributed by atoms with van der Waals surface area (Å²) in [4.78, 5) is 10.7. The molecule has 0 atom stereocenters. The van der Waals surface area contributed by atoms with Crippen LogP contribution in [0.4, 0.5) is 0 Å². The van der Waals surface area contributed by atoms with Gasteiger partial charge in [0.15, 0.2) is 6.29 Å². The van der Waals surface area contributed by atoms with Crippen LogP contribution in [0.2, 0.25) is 0 Å². The zero-order valence-electron chi connectivity index (χ0n) is 8.44. The Bertz CT molecular complexity index is 328. The summed E-state index contributed by atoms with van der Waals surface area (Å²) in [7, 11) is 0. The fourth-order valence-electron chi connectivity index (χ4n) is 1.67. The molecule has 0 N–H and O–H groups in total. The van der Waals surface area contributed by atoms with Crippen LogP contribution in [0.1, 0.15) is 54.7 Å². The lowest BCUT2D eigenvalue weighted by atomic mass is 10.2. The highest BCUT2D eigenvalue weighted by Crippen LogP contribution is 2.40. The topological polar surface area (TPSA) is 47.8 Å². The Balaban J connectivity index is 2.20. The minimum Gasteiger partial charge on any atom is -0.296 e. The molecule has 0 amide bonds. The Morgan fingerprint density at radius 3 is 2.93 bits per heavy atom. The summed E-state index contributed by atoms with van der Waals surface area (Å²) in [6.45, 7) is 3.04. The third-order valence-electron chi connectivity index (χ3n) is 2.60. The number of rotatable bonds is 5. The molecule has 1 fully saturated rings. The van der Waals surface area contributed by atoms with Crippen molar-refractivity contribution < 1.29 is 4.79 Å². The fraction of sp³-hybridized carbons (Fsp3) is 0.700. The third kappa shape index (κ3) is 1.69. The summed E-state index contributed by atoms with van der Waals surface area (Å²) in [6.07, 6.45) is 5.42. The van der Waals surface area contributed by atoms with Crippen molar-refractivity contribution in [2.45, 2.75) is 45.1 Å². The maximum Gasteiger partial charge on any atom is 0.172 e. The first-order chi connectivity index (χ1) is 6.86. The van der Waals surface area contributed by atoms with Gasteiger partial charge in [-0.05, 0) is 19.3 Å². The predicted octanol–water partition coefficient (Wildman–Crippen LogP) is 1.77. The molecule has 1 aliphatic carbocycles. The van der Waals surface area contributed by atoms with E-state index in [1.807, 2.05) is 4.68 Å². The van der Waals surface area contributed by atoms with E-state index in [1.165, 1.54) is 12.8 Å². The van der Waals surface area contributed by atoms with Crippen LogP contribution < -0.4 is 0 Å². The van der Waals surface area contributed by atoms with Gasteiger partial charge in [0.25, 0.3) is 0 Å². The first kappa shape index (κ1) is 9.37. The Labute approximate surface area is 83.3 Å². The molecule has 0 unspecified atom stereocenters. The molecule has 76 valence electrons.